The van der Waals surface area contributed by atoms with Crippen LogP contribution in [0.15, 0.2) is 5.38 Å². The van der Waals surface area contributed by atoms with Gasteiger partial charge < -0.3 is 5.32 Å². The summed E-state index contributed by atoms with van der Waals surface area (Å²) in [5, 5.41) is 5.68. The van der Waals surface area contributed by atoms with Crippen molar-refractivity contribution in [2.24, 2.45) is 0 Å². The molecular weight excluding hydrogens is 270 g/mol. The van der Waals surface area contributed by atoms with Crippen molar-refractivity contribution in [1.82, 2.24) is 15.2 Å². The summed E-state index contributed by atoms with van der Waals surface area (Å²) >= 11 is 7.39. The van der Waals surface area contributed by atoms with Crippen LogP contribution in [0, 0.1) is 0 Å². The molecule has 1 atom stereocenters. The molecule has 0 spiro atoms. The smallest absolute Gasteiger partial charge is 0.233 e. The van der Waals surface area contributed by atoms with Crippen molar-refractivity contribution < 1.29 is 4.79 Å². The van der Waals surface area contributed by atoms with E-state index in [0.29, 0.717) is 12.4 Å². The number of aromatic nitrogens is 1. The highest BCUT2D eigenvalue weighted by atomic mass is 35.5. The third-order valence-electron chi connectivity index (χ3n) is 2.85. The zero-order chi connectivity index (χ0) is 13.5. The van der Waals surface area contributed by atoms with Crippen molar-refractivity contribution in [2.45, 2.75) is 32.2 Å². The molecule has 0 aliphatic rings. The fraction of sp³-hybridized carbons (Fsp3) is 0.667. The summed E-state index contributed by atoms with van der Waals surface area (Å²) in [6.45, 7) is 5.39. The zero-order valence-electron chi connectivity index (χ0n) is 11.1. The third-order valence-corrected chi connectivity index (χ3v) is 4.12. The average Bonchev–Trinajstić information content (AvgIpc) is 2.86. The van der Waals surface area contributed by atoms with Crippen molar-refractivity contribution in [3.05, 3.63) is 16.1 Å². The fourth-order valence-corrected chi connectivity index (χ4v) is 3.10. The van der Waals surface area contributed by atoms with Crippen molar-refractivity contribution in [2.75, 3.05) is 20.1 Å². The molecule has 18 heavy (non-hydrogen) atoms. The van der Waals surface area contributed by atoms with Crippen LogP contribution in [0.25, 0.3) is 0 Å². The maximum absolute atomic E-state index is 11.5. The highest BCUT2D eigenvalue weighted by molar-refractivity contribution is 7.09. The average molecular weight is 290 g/mol. The Bertz CT molecular complexity index is 383. The van der Waals surface area contributed by atoms with E-state index in [1.54, 1.807) is 18.4 Å². The number of nitrogens with one attached hydrogen (secondary N) is 1. The third kappa shape index (κ3) is 3.93. The minimum Gasteiger partial charge on any atom is -0.358 e. The summed E-state index contributed by atoms with van der Waals surface area (Å²) in [5.74, 6) is 0.471. The lowest BCUT2D eigenvalue weighted by molar-refractivity contribution is -0.122. The van der Waals surface area contributed by atoms with E-state index in [-0.39, 0.29) is 11.9 Å². The molecule has 0 radical (unpaired) electrons. The van der Waals surface area contributed by atoms with Crippen molar-refractivity contribution in [3.63, 3.8) is 0 Å². The van der Waals surface area contributed by atoms with Crippen molar-refractivity contribution in [1.29, 1.82) is 0 Å². The lowest BCUT2D eigenvalue weighted by Crippen LogP contribution is -2.37. The highest BCUT2D eigenvalue weighted by Gasteiger charge is 2.22. The number of alkyl halides is 1. The van der Waals surface area contributed by atoms with Gasteiger partial charge in [-0.3, -0.25) is 9.69 Å². The molecule has 1 rings (SSSR count). The Labute approximate surface area is 117 Å². The quantitative estimate of drug-likeness (QED) is 0.784. The Balaban J connectivity index is 2.81. The Morgan fingerprint density at radius 2 is 2.33 bits per heavy atom. The molecular formula is C12H20ClN3OS. The molecule has 1 heterocycles. The van der Waals surface area contributed by atoms with E-state index in [0.717, 1.165) is 23.7 Å². The first-order valence-electron chi connectivity index (χ1n) is 6.11. The maximum atomic E-state index is 11.5. The lowest BCUT2D eigenvalue weighted by Gasteiger charge is -2.27. The maximum Gasteiger partial charge on any atom is 0.233 e. The normalized spacial score (nSPS) is 12.7. The molecule has 1 aromatic rings. The summed E-state index contributed by atoms with van der Waals surface area (Å²) in [6.07, 6.45) is 0.931. The molecule has 1 amide bonds. The molecule has 102 valence electrons. The van der Waals surface area contributed by atoms with Crippen LogP contribution in [0.3, 0.4) is 0 Å². The summed E-state index contributed by atoms with van der Waals surface area (Å²) in [6, 6.07) is 0.189. The van der Waals surface area contributed by atoms with Crippen LogP contribution in [0.5, 0.6) is 0 Å². The molecule has 1 aromatic heterocycles. The number of amides is 1. The first-order valence-corrected chi connectivity index (χ1v) is 7.52. The van der Waals surface area contributed by atoms with Gasteiger partial charge >= 0.3 is 0 Å². The highest BCUT2D eigenvalue weighted by Crippen LogP contribution is 2.27. The zero-order valence-corrected chi connectivity index (χ0v) is 12.6. The summed E-state index contributed by atoms with van der Waals surface area (Å²) < 4.78 is 0. The van der Waals surface area contributed by atoms with Gasteiger partial charge in [-0.25, -0.2) is 4.98 Å². The van der Waals surface area contributed by atoms with Gasteiger partial charge in [0.25, 0.3) is 0 Å². The molecule has 0 aliphatic carbocycles. The molecule has 0 saturated heterocycles. The van der Waals surface area contributed by atoms with Crippen LogP contribution in [-0.2, 0) is 10.7 Å². The largest absolute Gasteiger partial charge is 0.358 e. The molecule has 1 unspecified atom stereocenters. The SMILES string of the molecule is CCC(c1nc(CCl)cs1)N(CC)CC(=O)NC. The van der Waals surface area contributed by atoms with Gasteiger partial charge in [-0.2, -0.15) is 0 Å². The number of nitrogens with zero attached hydrogens (tertiary/aromatic N) is 2. The van der Waals surface area contributed by atoms with Gasteiger partial charge in [0.1, 0.15) is 5.01 Å². The second-order valence-electron chi connectivity index (χ2n) is 3.97. The van der Waals surface area contributed by atoms with Gasteiger partial charge in [0, 0.05) is 12.4 Å². The summed E-state index contributed by atoms with van der Waals surface area (Å²) in [5.41, 5.74) is 0.908. The number of hydrogen-bond acceptors (Lipinski definition) is 4. The van der Waals surface area contributed by atoms with E-state index in [1.807, 2.05) is 5.38 Å². The van der Waals surface area contributed by atoms with Gasteiger partial charge in [0.15, 0.2) is 0 Å². The van der Waals surface area contributed by atoms with E-state index in [1.165, 1.54) is 0 Å². The Hall–Kier alpha value is -0.650. The molecule has 0 aliphatic heterocycles. The second-order valence-corrected chi connectivity index (χ2v) is 5.13. The number of halogens is 1. The van der Waals surface area contributed by atoms with Crippen LogP contribution in [0.4, 0.5) is 0 Å². The molecule has 0 bridgehead atoms. The minimum atomic E-state index is 0.0319. The topological polar surface area (TPSA) is 45.2 Å². The molecule has 0 saturated carbocycles. The van der Waals surface area contributed by atoms with Gasteiger partial charge in [0.05, 0.1) is 24.2 Å². The van der Waals surface area contributed by atoms with Crippen LogP contribution < -0.4 is 5.32 Å². The first-order chi connectivity index (χ1) is 8.65. The van der Waals surface area contributed by atoms with Gasteiger partial charge in [-0.1, -0.05) is 13.8 Å². The van der Waals surface area contributed by atoms with Crippen molar-refractivity contribution in [3.8, 4) is 0 Å². The number of rotatable bonds is 7. The molecule has 0 fully saturated rings. The van der Waals surface area contributed by atoms with Crippen LogP contribution in [0.2, 0.25) is 0 Å². The van der Waals surface area contributed by atoms with E-state index < -0.39 is 0 Å². The second kappa shape index (κ2) is 7.71. The summed E-state index contributed by atoms with van der Waals surface area (Å²) in [4.78, 5) is 18.2. The van der Waals surface area contributed by atoms with E-state index >= 15 is 0 Å². The number of thiazole rings is 1. The fourth-order valence-electron chi connectivity index (χ4n) is 1.83. The number of hydrogen-bond donors (Lipinski definition) is 1. The number of carbonyl (C=O) groups is 1. The van der Waals surface area contributed by atoms with E-state index in [9.17, 15) is 4.79 Å². The number of carbonyl (C=O) groups excluding carboxylic acids is 1. The van der Waals surface area contributed by atoms with Crippen LogP contribution >= 0.6 is 22.9 Å². The van der Waals surface area contributed by atoms with Gasteiger partial charge in [-0.15, -0.1) is 22.9 Å². The van der Waals surface area contributed by atoms with Gasteiger partial charge in [-0.05, 0) is 13.0 Å². The first kappa shape index (κ1) is 15.4. The Morgan fingerprint density at radius 1 is 1.61 bits per heavy atom. The standard InChI is InChI=1S/C12H20ClN3OS/c1-4-10(12-15-9(6-13)8-18-12)16(5-2)7-11(17)14-3/h8,10H,4-7H2,1-3H3,(H,14,17). The molecule has 6 heteroatoms. The van der Waals surface area contributed by atoms with E-state index in [4.69, 9.17) is 11.6 Å². The van der Waals surface area contributed by atoms with E-state index in [2.05, 4.69) is 29.0 Å². The predicted octanol–water partition coefficient (Wildman–Crippen LogP) is 2.40. The van der Waals surface area contributed by atoms with Crippen LogP contribution in [-0.4, -0.2) is 35.9 Å². The van der Waals surface area contributed by atoms with Crippen LogP contribution in [0.1, 0.15) is 37.0 Å². The number of likely N-dealkylation sites (N-methyl/N-ethyl adjacent to an activating group) is 2. The predicted molar refractivity (Wildman–Crippen MR) is 76.0 cm³/mol. The Kier molecular flexibility index (Phi) is 6.60. The molecule has 1 N–H and O–H groups in total. The summed E-state index contributed by atoms with van der Waals surface area (Å²) in [7, 11) is 1.66. The molecule has 0 aromatic carbocycles. The lowest BCUT2D eigenvalue weighted by atomic mass is 10.2. The van der Waals surface area contributed by atoms with Crippen molar-refractivity contribution >= 4 is 28.8 Å². The van der Waals surface area contributed by atoms with Gasteiger partial charge in [0.2, 0.25) is 5.91 Å². The Morgan fingerprint density at radius 3 is 2.78 bits per heavy atom. The minimum absolute atomic E-state index is 0.0319. The molecule has 4 nitrogen and oxygen atoms in total. The monoisotopic (exact) mass is 289 g/mol.